The first kappa shape index (κ1) is 30.9. The number of amides is 2. The Morgan fingerprint density at radius 3 is 2.59 bits per heavy atom. The number of carbonyl (C=O) groups is 2. The highest BCUT2D eigenvalue weighted by molar-refractivity contribution is 6.58. The highest BCUT2D eigenvalue weighted by atomic mass is 16.5. The molecule has 0 bridgehead atoms. The van der Waals surface area contributed by atoms with Crippen LogP contribution in [0.5, 0.6) is 0 Å². The Hall–Kier alpha value is -3.06. The van der Waals surface area contributed by atoms with Gasteiger partial charge in [-0.3, -0.25) is 14.5 Å². The molecule has 220 valence electrons. The van der Waals surface area contributed by atoms with Gasteiger partial charge in [-0.25, -0.2) is 0 Å². The lowest BCUT2D eigenvalue weighted by molar-refractivity contribution is -0.123. The summed E-state index contributed by atoms with van der Waals surface area (Å²) in [6, 6.07) is 9.45. The maximum absolute atomic E-state index is 13.7. The predicted octanol–water partition coefficient (Wildman–Crippen LogP) is 1.54. The summed E-state index contributed by atoms with van der Waals surface area (Å²) >= 11 is 0. The Balaban J connectivity index is 1.60. The van der Waals surface area contributed by atoms with Gasteiger partial charge in [-0.2, -0.15) is 0 Å². The van der Waals surface area contributed by atoms with Crippen molar-refractivity contribution in [2.24, 2.45) is 17.8 Å². The van der Waals surface area contributed by atoms with Crippen molar-refractivity contribution in [3.05, 3.63) is 64.6 Å². The number of allylic oxidation sites excluding steroid dienone is 1. The Morgan fingerprint density at radius 1 is 1.17 bits per heavy atom. The molecule has 1 aromatic heterocycles. The van der Waals surface area contributed by atoms with Gasteiger partial charge in [0.1, 0.15) is 18.1 Å². The molecule has 1 saturated heterocycles. The highest BCUT2D eigenvalue weighted by Gasteiger charge is 2.55. The SMILES string of the molecule is CCC/C(=C\c1ccc(CO)o1)CC[C@@H](O)C1=C(COC)C[C@H]2C(=O)N(c3cccc(B(O)O)c3)C(=O)[C@H]2[C@H]1CO. The first-order valence-electron chi connectivity index (χ1n) is 14.0. The summed E-state index contributed by atoms with van der Waals surface area (Å²) in [7, 11) is -0.244. The van der Waals surface area contributed by atoms with E-state index in [0.717, 1.165) is 23.3 Å². The third-order valence-electron chi connectivity index (χ3n) is 7.98. The maximum Gasteiger partial charge on any atom is 0.488 e. The van der Waals surface area contributed by atoms with Crippen LogP contribution < -0.4 is 10.4 Å². The number of aliphatic hydroxyl groups is 3. The molecule has 11 heteroatoms. The van der Waals surface area contributed by atoms with Crippen molar-refractivity contribution in [1.29, 1.82) is 0 Å². The van der Waals surface area contributed by atoms with E-state index < -0.39 is 49.4 Å². The lowest BCUT2D eigenvalue weighted by Gasteiger charge is -2.36. The Bertz CT molecular complexity index is 1300. The van der Waals surface area contributed by atoms with E-state index in [1.54, 1.807) is 18.2 Å². The number of carbonyl (C=O) groups excluding carboxylic acids is 2. The summed E-state index contributed by atoms with van der Waals surface area (Å²) in [4.78, 5) is 28.3. The first-order valence-corrected chi connectivity index (χ1v) is 14.0. The molecule has 10 nitrogen and oxygen atoms in total. The third kappa shape index (κ3) is 6.56. The first-order chi connectivity index (χ1) is 19.7. The van der Waals surface area contributed by atoms with Crippen LogP contribution in [0.15, 0.2) is 57.5 Å². The molecule has 4 atom stereocenters. The average molecular weight is 567 g/mol. The summed E-state index contributed by atoms with van der Waals surface area (Å²) in [5.74, 6) is -2.23. The minimum Gasteiger partial charge on any atom is -0.459 e. The number of aliphatic hydroxyl groups excluding tert-OH is 3. The topological polar surface area (TPSA) is 161 Å². The molecule has 0 spiro atoms. The van der Waals surface area contributed by atoms with E-state index in [1.165, 1.54) is 25.3 Å². The summed E-state index contributed by atoms with van der Waals surface area (Å²) < 4.78 is 11.0. The zero-order valence-corrected chi connectivity index (χ0v) is 23.4. The number of hydrogen-bond acceptors (Lipinski definition) is 9. The van der Waals surface area contributed by atoms with Gasteiger partial charge in [0, 0.05) is 13.0 Å². The summed E-state index contributed by atoms with van der Waals surface area (Å²) in [5, 5.41) is 50.5. The van der Waals surface area contributed by atoms with E-state index in [1.807, 2.05) is 6.08 Å². The smallest absolute Gasteiger partial charge is 0.459 e. The van der Waals surface area contributed by atoms with Crippen molar-refractivity contribution in [3.8, 4) is 0 Å². The Morgan fingerprint density at radius 2 is 1.95 bits per heavy atom. The van der Waals surface area contributed by atoms with Crippen LogP contribution in [0.25, 0.3) is 6.08 Å². The lowest BCUT2D eigenvalue weighted by atomic mass is 9.68. The fraction of sp³-hybridized carbons (Fsp3) is 0.467. The number of anilines is 1. The van der Waals surface area contributed by atoms with Gasteiger partial charge in [0.2, 0.25) is 11.8 Å². The van der Waals surface area contributed by atoms with E-state index in [9.17, 15) is 35.0 Å². The second-order valence-corrected chi connectivity index (χ2v) is 10.7. The number of methoxy groups -OCH3 is 1. The lowest BCUT2D eigenvalue weighted by Crippen LogP contribution is -2.40. The number of rotatable bonds is 13. The van der Waals surface area contributed by atoms with Gasteiger partial charge in [-0.15, -0.1) is 0 Å². The van der Waals surface area contributed by atoms with Crippen molar-refractivity contribution >= 4 is 36.2 Å². The molecular weight excluding hydrogens is 529 g/mol. The zero-order chi connectivity index (χ0) is 29.7. The molecule has 2 amide bonds. The van der Waals surface area contributed by atoms with E-state index in [0.29, 0.717) is 35.5 Å². The fourth-order valence-corrected chi connectivity index (χ4v) is 6.17. The summed E-state index contributed by atoms with van der Waals surface area (Å²) in [5.41, 5.74) is 2.66. The quantitative estimate of drug-likeness (QED) is 0.137. The van der Waals surface area contributed by atoms with Crippen LogP contribution in [-0.4, -0.2) is 70.7 Å². The molecule has 41 heavy (non-hydrogen) atoms. The van der Waals surface area contributed by atoms with Gasteiger partial charge < -0.3 is 34.5 Å². The summed E-state index contributed by atoms with van der Waals surface area (Å²) in [6.45, 7) is 1.58. The van der Waals surface area contributed by atoms with E-state index in [4.69, 9.17) is 9.15 Å². The van der Waals surface area contributed by atoms with Crippen LogP contribution in [0.4, 0.5) is 5.69 Å². The molecule has 1 aromatic carbocycles. The van der Waals surface area contributed by atoms with Gasteiger partial charge in [0.05, 0.1) is 36.8 Å². The molecule has 1 aliphatic heterocycles. The second-order valence-electron chi connectivity index (χ2n) is 10.7. The zero-order valence-electron chi connectivity index (χ0n) is 23.4. The van der Waals surface area contributed by atoms with Crippen LogP contribution in [0, 0.1) is 17.8 Å². The molecule has 2 heterocycles. The number of imide groups is 1. The van der Waals surface area contributed by atoms with E-state index in [2.05, 4.69) is 6.92 Å². The number of furan rings is 1. The number of hydrogen-bond donors (Lipinski definition) is 5. The molecular formula is C30H38BNO9. The van der Waals surface area contributed by atoms with Crippen LogP contribution >= 0.6 is 0 Å². The fourth-order valence-electron chi connectivity index (χ4n) is 6.17. The van der Waals surface area contributed by atoms with Gasteiger partial charge in [-0.05, 0) is 72.6 Å². The second kappa shape index (κ2) is 13.7. The molecule has 2 aromatic rings. The molecule has 5 N–H and O–H groups in total. The molecule has 4 rings (SSSR count). The Kier molecular flexibility index (Phi) is 10.4. The molecule has 1 fully saturated rings. The molecule has 1 aliphatic carbocycles. The van der Waals surface area contributed by atoms with Crippen LogP contribution in [0.2, 0.25) is 0 Å². The van der Waals surface area contributed by atoms with Crippen molar-refractivity contribution in [3.63, 3.8) is 0 Å². The van der Waals surface area contributed by atoms with Crippen molar-refractivity contribution in [1.82, 2.24) is 0 Å². The van der Waals surface area contributed by atoms with Gasteiger partial charge in [-0.1, -0.05) is 31.1 Å². The molecule has 0 saturated carbocycles. The Labute approximate surface area is 239 Å². The number of ether oxygens (including phenoxy) is 1. The van der Waals surface area contributed by atoms with Crippen LogP contribution in [-0.2, 0) is 20.9 Å². The van der Waals surface area contributed by atoms with Gasteiger partial charge in [0.15, 0.2) is 0 Å². The normalized spacial score (nSPS) is 22.0. The van der Waals surface area contributed by atoms with Crippen molar-refractivity contribution < 1.29 is 44.1 Å². The van der Waals surface area contributed by atoms with Gasteiger partial charge >= 0.3 is 7.12 Å². The largest absolute Gasteiger partial charge is 0.488 e. The van der Waals surface area contributed by atoms with Crippen molar-refractivity contribution in [2.45, 2.75) is 51.7 Å². The molecule has 0 unspecified atom stereocenters. The van der Waals surface area contributed by atoms with Crippen LogP contribution in [0.1, 0.15) is 50.5 Å². The highest BCUT2D eigenvalue weighted by Crippen LogP contribution is 2.47. The number of fused-ring (bicyclic) bond motifs is 1. The van der Waals surface area contributed by atoms with Crippen LogP contribution in [0.3, 0.4) is 0 Å². The minimum absolute atomic E-state index is 0.143. The minimum atomic E-state index is -1.76. The summed E-state index contributed by atoms with van der Waals surface area (Å²) in [6.07, 6.45) is 3.68. The maximum atomic E-state index is 13.7. The standard InChI is InChI=1S/C30H38BNO9/c1-3-5-18(12-22-9-10-23(15-33)41-22)8-11-26(35)27-19(17-40-2)13-24-28(25(27)16-34)30(37)32(29(24)36)21-7-4-6-20(14-21)31(38)39/h4,6-7,9-10,12,14,24-26,28,33-35,38-39H,3,5,8,11,13,15-17H2,1-2H3/b18-12+/t24-,25+,26-,28-/m1/s1. The van der Waals surface area contributed by atoms with E-state index >= 15 is 0 Å². The number of benzene rings is 1. The average Bonchev–Trinajstić information content (AvgIpc) is 3.52. The van der Waals surface area contributed by atoms with Crippen molar-refractivity contribution in [2.75, 3.05) is 25.2 Å². The third-order valence-corrected chi connectivity index (χ3v) is 7.98. The molecule has 2 aliphatic rings. The number of nitrogens with zero attached hydrogens (tertiary/aromatic N) is 1. The van der Waals surface area contributed by atoms with E-state index in [-0.39, 0.29) is 30.8 Å². The molecule has 0 radical (unpaired) electrons. The van der Waals surface area contributed by atoms with Gasteiger partial charge in [0.25, 0.3) is 0 Å². The predicted molar refractivity (Wildman–Crippen MR) is 153 cm³/mol. The monoisotopic (exact) mass is 567 g/mol.